The lowest BCUT2D eigenvalue weighted by atomic mass is 10.3. The fourth-order valence-corrected chi connectivity index (χ4v) is 1.06. The molecule has 5 N–H and O–H groups in total. The molecule has 0 bridgehead atoms. The molecule has 0 aromatic heterocycles. The van der Waals surface area contributed by atoms with Gasteiger partial charge in [0.15, 0.2) is 0 Å². The molecule has 8 heteroatoms. The zero-order valence-electron chi connectivity index (χ0n) is 10.8. The van der Waals surface area contributed by atoms with Crippen molar-refractivity contribution in [2.24, 2.45) is 0 Å². The van der Waals surface area contributed by atoms with Crippen molar-refractivity contribution in [1.82, 2.24) is 0 Å². The monoisotopic (exact) mass is 284 g/mol. The van der Waals surface area contributed by atoms with E-state index in [1.54, 1.807) is 0 Å². The topological polar surface area (TPSA) is 129 Å². The highest BCUT2D eigenvalue weighted by Gasteiger charge is 2.11. The first-order valence-corrected chi connectivity index (χ1v) is 6.09. The van der Waals surface area contributed by atoms with Gasteiger partial charge in [-0.2, -0.15) is 0 Å². The maximum absolute atomic E-state index is 9.06. The van der Waals surface area contributed by atoms with Crippen molar-refractivity contribution in [1.29, 1.82) is 0 Å². The van der Waals surface area contributed by atoms with E-state index >= 15 is 0 Å². The number of ether oxygens (including phenoxy) is 3. The van der Waals surface area contributed by atoms with Crippen LogP contribution in [-0.4, -0.2) is 96.7 Å². The van der Waals surface area contributed by atoms with E-state index in [0.717, 1.165) is 0 Å². The molecular formula is C11H24O8. The van der Waals surface area contributed by atoms with Crippen LogP contribution in [0.15, 0.2) is 0 Å². The van der Waals surface area contributed by atoms with Crippen LogP contribution in [0.4, 0.5) is 0 Å². The van der Waals surface area contributed by atoms with Gasteiger partial charge in [-0.05, 0) is 0 Å². The Morgan fingerprint density at radius 2 is 1.21 bits per heavy atom. The smallest absolute Gasteiger partial charge is 0.104 e. The van der Waals surface area contributed by atoms with Gasteiger partial charge in [0, 0.05) is 0 Å². The molecule has 0 aromatic rings. The molecule has 8 nitrogen and oxygen atoms in total. The van der Waals surface area contributed by atoms with E-state index in [4.69, 9.17) is 39.7 Å². The fraction of sp³-hybridized carbons (Fsp3) is 1.00. The van der Waals surface area contributed by atoms with E-state index in [2.05, 4.69) is 0 Å². The van der Waals surface area contributed by atoms with E-state index in [-0.39, 0.29) is 46.2 Å². The molecule has 0 saturated heterocycles. The van der Waals surface area contributed by atoms with Gasteiger partial charge in [-0.1, -0.05) is 0 Å². The Kier molecular flexibility index (Phi) is 12.5. The molecule has 0 amide bonds. The zero-order valence-corrected chi connectivity index (χ0v) is 10.8. The molecule has 0 fully saturated rings. The molecule has 0 spiro atoms. The summed E-state index contributed by atoms with van der Waals surface area (Å²) in [6.07, 6.45) is -2.45. The summed E-state index contributed by atoms with van der Waals surface area (Å²) in [4.78, 5) is 0. The molecule has 3 unspecified atom stereocenters. The predicted octanol–water partition coefficient (Wildman–Crippen LogP) is -2.90. The van der Waals surface area contributed by atoms with Crippen LogP contribution in [0.2, 0.25) is 0 Å². The average molecular weight is 284 g/mol. The van der Waals surface area contributed by atoms with Crippen molar-refractivity contribution < 1.29 is 39.7 Å². The molecule has 0 saturated carbocycles. The molecule has 3 atom stereocenters. The molecular weight excluding hydrogens is 260 g/mol. The second-order valence-electron chi connectivity index (χ2n) is 3.96. The first-order chi connectivity index (χ1) is 9.13. The highest BCUT2D eigenvalue weighted by atomic mass is 16.6. The zero-order chi connectivity index (χ0) is 14.5. The Balaban J connectivity index is 3.45. The minimum absolute atomic E-state index is 0.0302. The van der Waals surface area contributed by atoms with Gasteiger partial charge in [-0.3, -0.25) is 0 Å². The van der Waals surface area contributed by atoms with E-state index in [0.29, 0.717) is 0 Å². The van der Waals surface area contributed by atoms with Crippen LogP contribution in [0.5, 0.6) is 0 Å². The Morgan fingerprint density at radius 3 is 1.74 bits per heavy atom. The standard InChI is InChI=1S/C11H24O8/c12-3-9(15)6-17-1-2-18-8-11(5-14)19-7-10(16)4-13/h9-16H,1-8H2. The molecule has 0 aromatic carbocycles. The maximum atomic E-state index is 9.06. The summed E-state index contributed by atoms with van der Waals surface area (Å²) >= 11 is 0. The van der Waals surface area contributed by atoms with Gasteiger partial charge in [0.1, 0.15) is 18.3 Å². The Morgan fingerprint density at radius 1 is 0.684 bits per heavy atom. The molecule has 0 aliphatic rings. The Labute approximate surface area is 112 Å². The summed E-state index contributed by atoms with van der Waals surface area (Å²) in [6.45, 7) is -0.445. The highest BCUT2D eigenvalue weighted by molar-refractivity contribution is 4.57. The molecule has 0 rings (SSSR count). The number of rotatable bonds is 13. The molecule has 0 radical (unpaired) electrons. The maximum Gasteiger partial charge on any atom is 0.104 e. The van der Waals surface area contributed by atoms with Crippen molar-refractivity contribution in [3.05, 3.63) is 0 Å². The SMILES string of the molecule is OCC(O)COCCOCC(CO)OCC(O)CO. The second kappa shape index (κ2) is 12.7. The number of aliphatic hydroxyl groups is 5. The van der Waals surface area contributed by atoms with Crippen LogP contribution in [0, 0.1) is 0 Å². The van der Waals surface area contributed by atoms with Crippen LogP contribution in [0.3, 0.4) is 0 Å². The minimum atomic E-state index is -0.975. The van der Waals surface area contributed by atoms with Gasteiger partial charge in [0.05, 0.1) is 52.9 Å². The number of aliphatic hydroxyl groups excluding tert-OH is 5. The van der Waals surface area contributed by atoms with Gasteiger partial charge in [0.2, 0.25) is 0 Å². The Bertz CT molecular complexity index is 192. The summed E-state index contributed by atoms with van der Waals surface area (Å²) < 4.78 is 15.3. The fourth-order valence-electron chi connectivity index (χ4n) is 1.06. The van der Waals surface area contributed by atoms with Crippen molar-refractivity contribution in [3.8, 4) is 0 Å². The third-order valence-electron chi connectivity index (χ3n) is 2.14. The van der Waals surface area contributed by atoms with Crippen LogP contribution >= 0.6 is 0 Å². The van der Waals surface area contributed by atoms with Gasteiger partial charge < -0.3 is 39.7 Å². The van der Waals surface area contributed by atoms with Crippen molar-refractivity contribution in [2.45, 2.75) is 18.3 Å². The van der Waals surface area contributed by atoms with Crippen LogP contribution in [0.25, 0.3) is 0 Å². The van der Waals surface area contributed by atoms with Gasteiger partial charge >= 0.3 is 0 Å². The third-order valence-corrected chi connectivity index (χ3v) is 2.14. The summed E-state index contributed by atoms with van der Waals surface area (Å²) in [7, 11) is 0. The second-order valence-corrected chi connectivity index (χ2v) is 3.96. The third kappa shape index (κ3) is 11.2. The lowest BCUT2D eigenvalue weighted by Crippen LogP contribution is -2.30. The van der Waals surface area contributed by atoms with Crippen LogP contribution < -0.4 is 0 Å². The van der Waals surface area contributed by atoms with Gasteiger partial charge in [0.25, 0.3) is 0 Å². The first-order valence-electron chi connectivity index (χ1n) is 6.09. The molecule has 0 heterocycles. The van der Waals surface area contributed by atoms with Crippen LogP contribution in [0.1, 0.15) is 0 Å². The molecule has 116 valence electrons. The minimum Gasteiger partial charge on any atom is -0.394 e. The largest absolute Gasteiger partial charge is 0.394 e. The van der Waals surface area contributed by atoms with E-state index in [1.807, 2.05) is 0 Å². The van der Waals surface area contributed by atoms with Crippen molar-refractivity contribution in [3.63, 3.8) is 0 Å². The lowest BCUT2D eigenvalue weighted by molar-refractivity contribution is -0.0836. The lowest BCUT2D eigenvalue weighted by Gasteiger charge is -2.17. The quantitative estimate of drug-likeness (QED) is 0.228. The summed E-state index contributed by atoms with van der Waals surface area (Å²) in [5.74, 6) is 0. The predicted molar refractivity (Wildman–Crippen MR) is 64.6 cm³/mol. The summed E-state index contributed by atoms with van der Waals surface area (Å²) in [6, 6.07) is 0. The first kappa shape index (κ1) is 18.7. The number of hydrogen-bond donors (Lipinski definition) is 5. The van der Waals surface area contributed by atoms with Crippen molar-refractivity contribution >= 4 is 0 Å². The summed E-state index contributed by atoms with van der Waals surface area (Å²) in [5, 5.41) is 44.1. The Hall–Kier alpha value is -0.320. The van der Waals surface area contributed by atoms with Crippen LogP contribution in [-0.2, 0) is 14.2 Å². The molecule has 0 aliphatic heterocycles. The van der Waals surface area contributed by atoms with Gasteiger partial charge in [-0.25, -0.2) is 0 Å². The number of hydrogen-bond acceptors (Lipinski definition) is 8. The highest BCUT2D eigenvalue weighted by Crippen LogP contribution is 1.95. The molecule has 19 heavy (non-hydrogen) atoms. The average Bonchev–Trinajstić information content (AvgIpc) is 2.44. The van der Waals surface area contributed by atoms with E-state index < -0.39 is 24.9 Å². The van der Waals surface area contributed by atoms with Crippen molar-refractivity contribution in [2.75, 3.05) is 52.9 Å². The van der Waals surface area contributed by atoms with Gasteiger partial charge in [-0.15, -0.1) is 0 Å². The summed E-state index contributed by atoms with van der Waals surface area (Å²) in [5.41, 5.74) is 0. The van der Waals surface area contributed by atoms with E-state index in [1.165, 1.54) is 0 Å². The normalized spacial score (nSPS) is 16.3. The van der Waals surface area contributed by atoms with E-state index in [9.17, 15) is 0 Å². The molecule has 0 aliphatic carbocycles.